The number of nitrogens with zero attached hydrogens (tertiary/aromatic N) is 4. The van der Waals surface area contributed by atoms with Gasteiger partial charge >= 0.3 is 0 Å². The Balaban J connectivity index is 1.76. The van der Waals surface area contributed by atoms with E-state index in [9.17, 15) is 8.78 Å². The van der Waals surface area contributed by atoms with E-state index in [1.807, 2.05) is 43.3 Å². The van der Waals surface area contributed by atoms with Gasteiger partial charge in [-0.2, -0.15) is 0 Å². The highest BCUT2D eigenvalue weighted by Crippen LogP contribution is 2.28. The minimum atomic E-state index is -0.637. The summed E-state index contributed by atoms with van der Waals surface area (Å²) in [5.41, 5.74) is 3.25. The standard InChI is InChI=1S/C20H17F2N5/c1-26(2)15-5-3-4-14(11-15)25-19-20-24-12-18(27(20)9-8-23-19)16-7-6-13(21)10-17(16)22/h3-12H,1-2H3,(H,23,25). The summed E-state index contributed by atoms with van der Waals surface area (Å²) in [6.45, 7) is 0. The van der Waals surface area contributed by atoms with Crippen LogP contribution in [-0.4, -0.2) is 28.5 Å². The number of nitrogens with one attached hydrogen (secondary N) is 1. The number of fused-ring (bicyclic) bond motifs is 1. The normalized spacial score (nSPS) is 11.0. The van der Waals surface area contributed by atoms with Gasteiger partial charge in [-0.05, 0) is 30.3 Å². The molecule has 5 nitrogen and oxygen atoms in total. The van der Waals surface area contributed by atoms with Crippen molar-refractivity contribution in [2.24, 2.45) is 0 Å². The summed E-state index contributed by atoms with van der Waals surface area (Å²) in [7, 11) is 3.94. The molecule has 0 saturated carbocycles. The quantitative estimate of drug-likeness (QED) is 0.579. The van der Waals surface area contributed by atoms with E-state index in [0.29, 0.717) is 17.2 Å². The van der Waals surface area contributed by atoms with E-state index in [1.54, 1.807) is 23.0 Å². The molecule has 4 rings (SSSR count). The molecule has 4 aromatic rings. The van der Waals surface area contributed by atoms with Gasteiger partial charge in [0.05, 0.1) is 11.9 Å². The van der Waals surface area contributed by atoms with Crippen molar-refractivity contribution in [3.8, 4) is 11.3 Å². The summed E-state index contributed by atoms with van der Waals surface area (Å²) in [5.74, 6) is -0.709. The summed E-state index contributed by atoms with van der Waals surface area (Å²) in [6, 6.07) is 11.4. The molecule has 0 radical (unpaired) electrons. The number of benzene rings is 2. The van der Waals surface area contributed by atoms with Crippen LogP contribution in [0.15, 0.2) is 61.1 Å². The number of hydrogen-bond donors (Lipinski definition) is 1. The number of aromatic nitrogens is 3. The Labute approximate surface area is 154 Å². The van der Waals surface area contributed by atoms with Crippen LogP contribution in [0.2, 0.25) is 0 Å². The zero-order valence-electron chi connectivity index (χ0n) is 14.8. The fraction of sp³-hybridized carbons (Fsp3) is 0.100. The first kappa shape index (κ1) is 17.0. The first-order valence-corrected chi connectivity index (χ1v) is 8.35. The van der Waals surface area contributed by atoms with Gasteiger partial charge in [-0.15, -0.1) is 0 Å². The van der Waals surface area contributed by atoms with Gasteiger partial charge in [0.1, 0.15) is 11.6 Å². The largest absolute Gasteiger partial charge is 0.378 e. The lowest BCUT2D eigenvalue weighted by Gasteiger charge is -2.14. The third kappa shape index (κ3) is 3.19. The second-order valence-corrected chi connectivity index (χ2v) is 6.31. The Bertz CT molecular complexity index is 1120. The van der Waals surface area contributed by atoms with Gasteiger partial charge in [0.15, 0.2) is 11.5 Å². The van der Waals surface area contributed by atoms with Crippen molar-refractivity contribution in [1.82, 2.24) is 14.4 Å². The molecule has 0 aliphatic carbocycles. The minimum absolute atomic E-state index is 0.274. The molecule has 0 amide bonds. The summed E-state index contributed by atoms with van der Waals surface area (Å²) < 4.78 is 29.1. The highest BCUT2D eigenvalue weighted by atomic mass is 19.1. The van der Waals surface area contributed by atoms with Crippen molar-refractivity contribution in [3.05, 3.63) is 72.7 Å². The lowest BCUT2D eigenvalue weighted by atomic mass is 10.1. The van der Waals surface area contributed by atoms with Crippen LogP contribution in [-0.2, 0) is 0 Å². The monoisotopic (exact) mass is 365 g/mol. The molecular formula is C20H17F2N5. The highest BCUT2D eigenvalue weighted by molar-refractivity contribution is 5.75. The third-order valence-corrected chi connectivity index (χ3v) is 4.26. The smallest absolute Gasteiger partial charge is 0.180 e. The van der Waals surface area contributed by atoms with Crippen LogP contribution in [0.25, 0.3) is 16.9 Å². The van der Waals surface area contributed by atoms with Gasteiger partial charge in [0.25, 0.3) is 0 Å². The van der Waals surface area contributed by atoms with E-state index in [1.165, 1.54) is 12.1 Å². The van der Waals surface area contributed by atoms with Gasteiger partial charge in [-0.3, -0.25) is 4.40 Å². The number of rotatable bonds is 4. The van der Waals surface area contributed by atoms with E-state index in [0.717, 1.165) is 17.4 Å². The second-order valence-electron chi connectivity index (χ2n) is 6.31. The maximum absolute atomic E-state index is 14.2. The molecule has 0 bridgehead atoms. The predicted molar refractivity (Wildman–Crippen MR) is 102 cm³/mol. The number of anilines is 3. The van der Waals surface area contributed by atoms with Crippen LogP contribution in [0.5, 0.6) is 0 Å². The summed E-state index contributed by atoms with van der Waals surface area (Å²) in [5, 5.41) is 3.26. The first-order valence-electron chi connectivity index (χ1n) is 8.35. The predicted octanol–water partition coefficient (Wildman–Crippen LogP) is 4.48. The molecule has 136 valence electrons. The topological polar surface area (TPSA) is 45.5 Å². The third-order valence-electron chi connectivity index (χ3n) is 4.26. The zero-order chi connectivity index (χ0) is 19.0. The molecule has 0 spiro atoms. The summed E-state index contributed by atoms with van der Waals surface area (Å²) >= 11 is 0. The number of imidazole rings is 1. The summed E-state index contributed by atoms with van der Waals surface area (Å²) in [6.07, 6.45) is 4.86. The molecular weight excluding hydrogens is 348 g/mol. The SMILES string of the molecule is CN(C)c1cccc(Nc2nccn3c(-c4ccc(F)cc4F)cnc23)c1. The Morgan fingerprint density at radius 3 is 2.67 bits per heavy atom. The van der Waals surface area contributed by atoms with Gasteiger partial charge in [-0.25, -0.2) is 18.7 Å². The molecule has 7 heteroatoms. The van der Waals surface area contributed by atoms with Crippen molar-refractivity contribution in [3.63, 3.8) is 0 Å². The average Bonchev–Trinajstić information content (AvgIpc) is 3.07. The lowest BCUT2D eigenvalue weighted by Crippen LogP contribution is -2.08. The maximum Gasteiger partial charge on any atom is 0.180 e. The van der Waals surface area contributed by atoms with E-state index >= 15 is 0 Å². The van der Waals surface area contributed by atoms with Crippen molar-refractivity contribution in [2.75, 3.05) is 24.3 Å². The van der Waals surface area contributed by atoms with Crippen molar-refractivity contribution >= 4 is 22.8 Å². The Kier molecular flexibility index (Phi) is 4.19. The molecule has 2 heterocycles. The van der Waals surface area contributed by atoms with Crippen LogP contribution >= 0.6 is 0 Å². The Hall–Kier alpha value is -3.48. The van der Waals surface area contributed by atoms with Crippen molar-refractivity contribution in [2.45, 2.75) is 0 Å². The number of hydrogen-bond acceptors (Lipinski definition) is 4. The maximum atomic E-state index is 14.2. The minimum Gasteiger partial charge on any atom is -0.378 e. The van der Waals surface area contributed by atoms with Crippen LogP contribution < -0.4 is 10.2 Å². The zero-order valence-corrected chi connectivity index (χ0v) is 14.8. The molecule has 2 aromatic heterocycles. The Morgan fingerprint density at radius 1 is 1.04 bits per heavy atom. The second kappa shape index (κ2) is 6.68. The van der Waals surface area contributed by atoms with Gasteiger partial charge < -0.3 is 10.2 Å². The molecule has 1 N–H and O–H groups in total. The van der Waals surface area contributed by atoms with Crippen LogP contribution in [0.4, 0.5) is 26.0 Å². The van der Waals surface area contributed by atoms with Crippen LogP contribution in [0.1, 0.15) is 0 Å². The van der Waals surface area contributed by atoms with Gasteiger partial charge in [0.2, 0.25) is 0 Å². The van der Waals surface area contributed by atoms with Crippen molar-refractivity contribution < 1.29 is 8.78 Å². The lowest BCUT2D eigenvalue weighted by molar-refractivity contribution is 0.585. The van der Waals surface area contributed by atoms with E-state index in [-0.39, 0.29) is 5.56 Å². The molecule has 0 aliphatic rings. The average molecular weight is 365 g/mol. The molecule has 0 atom stereocenters. The fourth-order valence-electron chi connectivity index (χ4n) is 2.90. The molecule has 0 fully saturated rings. The van der Waals surface area contributed by atoms with Crippen molar-refractivity contribution in [1.29, 1.82) is 0 Å². The van der Waals surface area contributed by atoms with Gasteiger partial charge in [-0.1, -0.05) is 6.07 Å². The molecule has 0 saturated heterocycles. The van der Waals surface area contributed by atoms with Crippen LogP contribution in [0, 0.1) is 11.6 Å². The molecule has 0 aliphatic heterocycles. The fourth-order valence-corrected chi connectivity index (χ4v) is 2.90. The van der Waals surface area contributed by atoms with Gasteiger partial charge in [0, 0.05) is 49.5 Å². The van der Waals surface area contributed by atoms with E-state index < -0.39 is 11.6 Å². The highest BCUT2D eigenvalue weighted by Gasteiger charge is 2.14. The number of halogens is 2. The molecule has 2 aromatic carbocycles. The van der Waals surface area contributed by atoms with Crippen LogP contribution in [0.3, 0.4) is 0 Å². The Morgan fingerprint density at radius 2 is 1.89 bits per heavy atom. The van der Waals surface area contributed by atoms with E-state index in [4.69, 9.17) is 0 Å². The summed E-state index contributed by atoms with van der Waals surface area (Å²) in [4.78, 5) is 10.7. The molecule has 0 unspecified atom stereocenters. The van der Waals surface area contributed by atoms with E-state index in [2.05, 4.69) is 15.3 Å². The first-order chi connectivity index (χ1) is 13.0. The molecule has 27 heavy (non-hydrogen) atoms.